The summed E-state index contributed by atoms with van der Waals surface area (Å²) in [6.07, 6.45) is -0.779. The average Bonchev–Trinajstić information content (AvgIpc) is 2.24. The van der Waals surface area contributed by atoms with Crippen LogP contribution in [-0.4, -0.2) is 26.2 Å². The summed E-state index contributed by atoms with van der Waals surface area (Å²) in [6.45, 7) is 4.68. The first-order valence-electron chi connectivity index (χ1n) is 5.29. The second kappa shape index (κ2) is 5.75. The van der Waals surface area contributed by atoms with Gasteiger partial charge in [0.2, 0.25) is 10.0 Å². The molecule has 4 nitrogen and oxygen atoms in total. The van der Waals surface area contributed by atoms with Gasteiger partial charge in [0.1, 0.15) is 4.90 Å². The number of aliphatic hydroxyl groups is 1. The molecule has 0 aliphatic heterocycles. The largest absolute Gasteiger partial charge is 0.392 e. The first-order valence-corrected chi connectivity index (χ1v) is 7.53. The molecule has 102 valence electrons. The molecule has 1 atom stereocenters. The molecule has 18 heavy (non-hydrogen) atoms. The van der Waals surface area contributed by atoms with Crippen molar-refractivity contribution in [2.45, 2.75) is 31.8 Å². The van der Waals surface area contributed by atoms with E-state index in [1.165, 1.54) is 6.92 Å². The molecule has 0 amide bonds. The maximum atomic E-state index is 12.1. The second-order valence-corrected chi connectivity index (χ2v) is 6.63. The molecule has 1 aromatic rings. The highest BCUT2D eigenvalue weighted by Crippen LogP contribution is 2.33. The third-order valence-corrected chi connectivity index (χ3v) is 5.01. The first-order chi connectivity index (χ1) is 8.16. The van der Waals surface area contributed by atoms with Gasteiger partial charge in [-0.25, -0.2) is 13.1 Å². The highest BCUT2D eigenvalue weighted by atomic mass is 35.5. The molecule has 0 saturated carbocycles. The summed E-state index contributed by atoms with van der Waals surface area (Å²) in [4.78, 5) is -0.0326. The topological polar surface area (TPSA) is 66.4 Å². The van der Waals surface area contributed by atoms with Gasteiger partial charge in [0, 0.05) is 11.6 Å². The summed E-state index contributed by atoms with van der Waals surface area (Å²) >= 11 is 12.0. The number of aryl methyl sites for hydroxylation is 1. The number of halogens is 2. The number of rotatable bonds is 4. The Bertz CT molecular complexity index is 530. The van der Waals surface area contributed by atoms with Gasteiger partial charge in [-0.05, 0) is 38.0 Å². The van der Waals surface area contributed by atoms with Crippen LogP contribution in [0.2, 0.25) is 10.0 Å². The zero-order valence-electron chi connectivity index (χ0n) is 10.3. The first kappa shape index (κ1) is 15.7. The normalized spacial score (nSPS) is 13.7. The van der Waals surface area contributed by atoms with Crippen molar-refractivity contribution in [3.8, 4) is 0 Å². The number of hydrogen-bond acceptors (Lipinski definition) is 3. The van der Waals surface area contributed by atoms with Gasteiger partial charge in [-0.1, -0.05) is 23.2 Å². The van der Waals surface area contributed by atoms with E-state index in [4.69, 9.17) is 28.3 Å². The Morgan fingerprint density at radius 2 is 1.94 bits per heavy atom. The zero-order valence-corrected chi connectivity index (χ0v) is 12.6. The SMILES string of the molecule is Cc1cc(Cl)c(C)c(S(=O)(=O)NCC(C)O)c1Cl. The van der Waals surface area contributed by atoms with Crippen LogP contribution in [0.5, 0.6) is 0 Å². The van der Waals surface area contributed by atoms with Gasteiger partial charge in [-0.3, -0.25) is 0 Å². The van der Waals surface area contributed by atoms with Crippen molar-refractivity contribution in [3.63, 3.8) is 0 Å². The highest BCUT2D eigenvalue weighted by Gasteiger charge is 2.23. The van der Waals surface area contributed by atoms with Crippen molar-refractivity contribution in [2.24, 2.45) is 0 Å². The lowest BCUT2D eigenvalue weighted by Gasteiger charge is -2.14. The molecular weight excluding hydrogens is 297 g/mol. The molecule has 0 bridgehead atoms. The van der Waals surface area contributed by atoms with E-state index in [-0.39, 0.29) is 16.5 Å². The van der Waals surface area contributed by atoms with Gasteiger partial charge in [-0.15, -0.1) is 0 Å². The Morgan fingerprint density at radius 1 is 1.39 bits per heavy atom. The van der Waals surface area contributed by atoms with Crippen LogP contribution in [0.15, 0.2) is 11.0 Å². The standard InChI is InChI=1S/C11H15Cl2NO3S/c1-6-4-9(12)8(3)11(10(6)13)18(16,17)14-5-7(2)15/h4,7,14-15H,5H2,1-3H3. The van der Waals surface area contributed by atoms with Crippen LogP contribution >= 0.6 is 23.2 Å². The maximum Gasteiger partial charge on any atom is 0.242 e. The van der Waals surface area contributed by atoms with Crippen molar-refractivity contribution in [2.75, 3.05) is 6.54 Å². The summed E-state index contributed by atoms with van der Waals surface area (Å²) in [7, 11) is -3.79. The predicted octanol–water partition coefficient (Wildman–Crippen LogP) is 2.27. The molecule has 0 heterocycles. The van der Waals surface area contributed by atoms with E-state index in [9.17, 15) is 8.42 Å². The van der Waals surface area contributed by atoms with Crippen molar-refractivity contribution < 1.29 is 13.5 Å². The average molecular weight is 312 g/mol. The molecule has 0 aliphatic carbocycles. The molecule has 0 aliphatic rings. The van der Waals surface area contributed by atoms with Crippen LogP contribution in [0.1, 0.15) is 18.1 Å². The fourth-order valence-corrected chi connectivity index (χ4v) is 3.77. The van der Waals surface area contributed by atoms with Crippen LogP contribution in [-0.2, 0) is 10.0 Å². The van der Waals surface area contributed by atoms with E-state index >= 15 is 0 Å². The van der Waals surface area contributed by atoms with E-state index in [0.717, 1.165) is 0 Å². The van der Waals surface area contributed by atoms with E-state index in [0.29, 0.717) is 16.1 Å². The van der Waals surface area contributed by atoms with Crippen LogP contribution in [0.4, 0.5) is 0 Å². The Labute approximate surface area is 117 Å². The minimum atomic E-state index is -3.79. The molecule has 2 N–H and O–H groups in total. The van der Waals surface area contributed by atoms with Crippen molar-refractivity contribution in [1.29, 1.82) is 0 Å². The molecule has 0 aromatic heterocycles. The van der Waals surface area contributed by atoms with Gasteiger partial charge in [0.05, 0.1) is 11.1 Å². The number of nitrogens with one attached hydrogen (secondary N) is 1. The highest BCUT2D eigenvalue weighted by molar-refractivity contribution is 7.89. The number of sulfonamides is 1. The fraction of sp³-hybridized carbons (Fsp3) is 0.455. The summed E-state index contributed by atoms with van der Waals surface area (Å²) in [5.41, 5.74) is 0.982. The molecule has 7 heteroatoms. The van der Waals surface area contributed by atoms with Crippen LogP contribution in [0.3, 0.4) is 0 Å². The predicted molar refractivity (Wildman–Crippen MR) is 72.8 cm³/mol. The lowest BCUT2D eigenvalue weighted by Crippen LogP contribution is -2.31. The minimum Gasteiger partial charge on any atom is -0.392 e. The molecule has 1 rings (SSSR count). The van der Waals surface area contributed by atoms with Crippen LogP contribution in [0, 0.1) is 13.8 Å². The van der Waals surface area contributed by atoms with Gasteiger partial charge >= 0.3 is 0 Å². The number of aliphatic hydroxyl groups excluding tert-OH is 1. The number of hydrogen-bond donors (Lipinski definition) is 2. The van der Waals surface area contributed by atoms with Gasteiger partial charge in [0.25, 0.3) is 0 Å². The molecule has 1 aromatic carbocycles. The molecule has 0 saturated heterocycles. The van der Waals surface area contributed by atoms with Crippen molar-refractivity contribution in [1.82, 2.24) is 4.72 Å². The summed E-state index contributed by atoms with van der Waals surface area (Å²) in [5.74, 6) is 0. The lowest BCUT2D eigenvalue weighted by atomic mass is 10.2. The van der Waals surface area contributed by atoms with Gasteiger partial charge in [0.15, 0.2) is 0 Å². The van der Waals surface area contributed by atoms with E-state index < -0.39 is 16.1 Å². The molecule has 0 fully saturated rings. The molecular formula is C11H15Cl2NO3S. The quantitative estimate of drug-likeness (QED) is 0.896. The Balaban J connectivity index is 3.32. The third kappa shape index (κ3) is 3.36. The fourth-order valence-electron chi connectivity index (χ4n) is 1.44. The van der Waals surface area contributed by atoms with Crippen molar-refractivity contribution >= 4 is 33.2 Å². The summed E-state index contributed by atoms with van der Waals surface area (Å²) < 4.78 is 26.5. The van der Waals surface area contributed by atoms with Crippen LogP contribution in [0.25, 0.3) is 0 Å². The second-order valence-electron chi connectivity index (χ2n) is 4.14. The van der Waals surface area contributed by atoms with E-state index in [1.54, 1.807) is 19.9 Å². The van der Waals surface area contributed by atoms with Crippen molar-refractivity contribution in [3.05, 3.63) is 27.2 Å². The number of benzene rings is 1. The smallest absolute Gasteiger partial charge is 0.242 e. The zero-order chi connectivity index (χ0) is 14.1. The Hall–Kier alpha value is -0.330. The third-order valence-electron chi connectivity index (χ3n) is 2.43. The summed E-state index contributed by atoms with van der Waals surface area (Å²) in [5, 5.41) is 9.61. The van der Waals surface area contributed by atoms with Gasteiger partial charge < -0.3 is 5.11 Å². The van der Waals surface area contributed by atoms with Gasteiger partial charge in [-0.2, -0.15) is 0 Å². The molecule has 1 unspecified atom stereocenters. The Kier molecular flexibility index (Phi) is 5.03. The summed E-state index contributed by atoms with van der Waals surface area (Å²) in [6, 6.07) is 1.62. The van der Waals surface area contributed by atoms with E-state index in [2.05, 4.69) is 4.72 Å². The minimum absolute atomic E-state index is 0.0326. The van der Waals surface area contributed by atoms with Crippen LogP contribution < -0.4 is 4.72 Å². The Morgan fingerprint density at radius 3 is 2.44 bits per heavy atom. The molecule has 0 radical (unpaired) electrons. The monoisotopic (exact) mass is 311 g/mol. The lowest BCUT2D eigenvalue weighted by molar-refractivity contribution is 0.198. The molecule has 0 spiro atoms. The maximum absolute atomic E-state index is 12.1. The van der Waals surface area contributed by atoms with E-state index in [1.807, 2.05) is 0 Å².